The number of nitrogens with one attached hydrogen (secondary N) is 3. The van der Waals surface area contributed by atoms with Crippen LogP contribution in [0, 0.1) is 0 Å². The van der Waals surface area contributed by atoms with E-state index in [0.717, 1.165) is 0 Å². The first-order valence-corrected chi connectivity index (χ1v) is 6.31. The van der Waals surface area contributed by atoms with Crippen LogP contribution in [-0.4, -0.2) is 12.7 Å². The summed E-state index contributed by atoms with van der Waals surface area (Å²) in [6.07, 6.45) is -8.13. The smallest absolute Gasteiger partial charge is 0.379 e. The van der Waals surface area contributed by atoms with Crippen molar-refractivity contribution >= 4 is 5.69 Å². The third-order valence-electron chi connectivity index (χ3n) is 2.98. The first-order valence-electron chi connectivity index (χ1n) is 6.31. The fourth-order valence-corrected chi connectivity index (χ4v) is 1.94. The topological polar surface area (TPSA) is 36.1 Å². The highest BCUT2D eigenvalue weighted by molar-refractivity contribution is 5.51. The zero-order valence-electron chi connectivity index (χ0n) is 11.4. The number of hydrogen-bond donors (Lipinski definition) is 3. The van der Waals surface area contributed by atoms with Crippen LogP contribution >= 0.6 is 0 Å². The van der Waals surface area contributed by atoms with Crippen LogP contribution < -0.4 is 16.0 Å². The molecule has 1 heterocycles. The second kappa shape index (κ2) is 5.62. The molecule has 1 atom stereocenters. The van der Waals surface area contributed by atoms with Crippen LogP contribution in [0.1, 0.15) is 18.1 Å². The number of hydrogen-bond acceptors (Lipinski definition) is 3. The summed E-state index contributed by atoms with van der Waals surface area (Å²) in [5, 5.41) is 8.42. The molecular formula is C13H13F6N3. The van der Waals surface area contributed by atoms with Gasteiger partial charge < -0.3 is 16.0 Å². The molecule has 0 aliphatic carbocycles. The fraction of sp³-hybridized carbons (Fsp3) is 0.385. The van der Waals surface area contributed by atoms with Crippen LogP contribution in [0.15, 0.2) is 30.1 Å². The lowest BCUT2D eigenvalue weighted by Gasteiger charge is -2.15. The van der Waals surface area contributed by atoms with Gasteiger partial charge in [0.2, 0.25) is 0 Å². The van der Waals surface area contributed by atoms with Gasteiger partial charge in [-0.3, -0.25) is 0 Å². The van der Waals surface area contributed by atoms with Crippen LogP contribution in [0.3, 0.4) is 0 Å². The van der Waals surface area contributed by atoms with E-state index < -0.39 is 23.5 Å². The Bertz CT molecular complexity index is 544. The average molecular weight is 325 g/mol. The zero-order valence-corrected chi connectivity index (χ0v) is 11.4. The van der Waals surface area contributed by atoms with Crippen LogP contribution in [-0.2, 0) is 12.4 Å². The SMILES string of the molecule is CC1NC=C(CNc2cc(C(F)(F)F)cc(C(F)(F)F)c2)N1. The molecule has 0 amide bonds. The van der Waals surface area contributed by atoms with Crippen molar-refractivity contribution < 1.29 is 26.3 Å². The van der Waals surface area contributed by atoms with Gasteiger partial charge in [-0.15, -0.1) is 0 Å². The summed E-state index contributed by atoms with van der Waals surface area (Å²) < 4.78 is 76.2. The first-order chi connectivity index (χ1) is 10.1. The van der Waals surface area contributed by atoms with Crippen LogP contribution in [0.2, 0.25) is 0 Å². The Morgan fingerprint density at radius 2 is 1.55 bits per heavy atom. The number of halogens is 6. The van der Waals surface area contributed by atoms with Gasteiger partial charge in [0.25, 0.3) is 0 Å². The zero-order chi connectivity index (χ0) is 16.5. The summed E-state index contributed by atoms with van der Waals surface area (Å²) >= 11 is 0. The highest BCUT2D eigenvalue weighted by Gasteiger charge is 2.36. The maximum Gasteiger partial charge on any atom is 0.416 e. The van der Waals surface area contributed by atoms with E-state index in [2.05, 4.69) is 16.0 Å². The molecule has 3 N–H and O–H groups in total. The van der Waals surface area contributed by atoms with E-state index in [4.69, 9.17) is 0 Å². The van der Waals surface area contributed by atoms with E-state index in [1.54, 1.807) is 6.20 Å². The van der Waals surface area contributed by atoms with Gasteiger partial charge in [-0.25, -0.2) is 0 Å². The molecule has 1 aliphatic rings. The number of benzene rings is 1. The van der Waals surface area contributed by atoms with Gasteiger partial charge >= 0.3 is 12.4 Å². The first kappa shape index (κ1) is 16.3. The van der Waals surface area contributed by atoms with Gasteiger partial charge in [-0.2, -0.15) is 26.3 Å². The Morgan fingerprint density at radius 3 is 1.95 bits per heavy atom. The minimum Gasteiger partial charge on any atom is -0.379 e. The summed E-state index contributed by atoms with van der Waals surface area (Å²) in [6.45, 7) is 1.89. The molecule has 1 aliphatic heterocycles. The normalized spacial score (nSPS) is 18.5. The number of rotatable bonds is 3. The van der Waals surface area contributed by atoms with Crippen molar-refractivity contribution in [3.8, 4) is 0 Å². The van der Waals surface area contributed by atoms with Crippen molar-refractivity contribution in [1.29, 1.82) is 0 Å². The van der Waals surface area contributed by atoms with E-state index >= 15 is 0 Å². The van der Waals surface area contributed by atoms with E-state index in [-0.39, 0.29) is 24.5 Å². The fourth-order valence-electron chi connectivity index (χ4n) is 1.94. The minimum atomic E-state index is -4.85. The molecule has 1 unspecified atom stereocenters. The molecule has 0 radical (unpaired) electrons. The maximum atomic E-state index is 12.7. The van der Waals surface area contributed by atoms with Crippen LogP contribution in [0.25, 0.3) is 0 Å². The van der Waals surface area contributed by atoms with E-state index in [1.807, 2.05) is 6.92 Å². The molecular weight excluding hydrogens is 312 g/mol. The Morgan fingerprint density at radius 1 is 1.00 bits per heavy atom. The summed E-state index contributed by atoms with van der Waals surface area (Å²) in [5.41, 5.74) is -2.29. The van der Waals surface area contributed by atoms with Gasteiger partial charge in [0.15, 0.2) is 0 Å². The third-order valence-corrected chi connectivity index (χ3v) is 2.98. The lowest BCUT2D eigenvalue weighted by Crippen LogP contribution is -2.29. The van der Waals surface area contributed by atoms with Crippen LogP contribution in [0.4, 0.5) is 32.0 Å². The lowest BCUT2D eigenvalue weighted by molar-refractivity contribution is -0.143. The molecule has 0 saturated carbocycles. The summed E-state index contributed by atoms with van der Waals surface area (Å²) in [6, 6.07) is 1.41. The van der Waals surface area contributed by atoms with Gasteiger partial charge in [-0.05, 0) is 25.1 Å². The van der Waals surface area contributed by atoms with Crippen molar-refractivity contribution in [2.45, 2.75) is 25.4 Å². The molecule has 0 bridgehead atoms. The Labute approximate surface area is 122 Å². The monoisotopic (exact) mass is 325 g/mol. The standard InChI is InChI=1S/C13H13F6N3/c1-7-20-5-11(22-7)6-21-10-3-8(12(14,15)16)2-9(4-10)13(17,18)19/h2-5,7,20-22H,6H2,1H3. The van der Waals surface area contributed by atoms with Crippen molar-refractivity contribution in [2.24, 2.45) is 0 Å². The highest BCUT2D eigenvalue weighted by Crippen LogP contribution is 2.37. The molecule has 3 nitrogen and oxygen atoms in total. The largest absolute Gasteiger partial charge is 0.416 e. The number of anilines is 1. The molecule has 2 rings (SSSR count). The predicted molar refractivity (Wildman–Crippen MR) is 68.8 cm³/mol. The minimum absolute atomic E-state index is 0.0379. The maximum absolute atomic E-state index is 12.7. The van der Waals surface area contributed by atoms with Crippen molar-refractivity contribution in [2.75, 3.05) is 11.9 Å². The molecule has 0 saturated heterocycles. The van der Waals surface area contributed by atoms with Gasteiger partial charge in [-0.1, -0.05) is 0 Å². The Balaban J connectivity index is 2.23. The molecule has 0 aromatic heterocycles. The van der Waals surface area contributed by atoms with Crippen LogP contribution in [0.5, 0.6) is 0 Å². The highest BCUT2D eigenvalue weighted by atomic mass is 19.4. The average Bonchev–Trinajstić information content (AvgIpc) is 2.80. The predicted octanol–water partition coefficient (Wildman–Crippen LogP) is 3.52. The van der Waals surface area contributed by atoms with Gasteiger partial charge in [0, 0.05) is 17.6 Å². The Kier molecular flexibility index (Phi) is 4.17. The quantitative estimate of drug-likeness (QED) is 0.744. The molecule has 9 heteroatoms. The number of alkyl halides is 6. The van der Waals surface area contributed by atoms with Gasteiger partial charge in [0.1, 0.15) is 0 Å². The summed E-state index contributed by atoms with van der Waals surface area (Å²) in [5.74, 6) is 0. The van der Waals surface area contributed by atoms with Crippen molar-refractivity contribution in [3.05, 3.63) is 41.2 Å². The van der Waals surface area contributed by atoms with E-state index in [1.165, 1.54) is 0 Å². The molecule has 1 aromatic carbocycles. The van der Waals surface area contributed by atoms with Crippen molar-refractivity contribution in [1.82, 2.24) is 10.6 Å². The third kappa shape index (κ3) is 3.99. The Hall–Kier alpha value is -2.06. The molecule has 1 aromatic rings. The lowest BCUT2D eigenvalue weighted by atomic mass is 10.1. The molecule has 122 valence electrons. The molecule has 22 heavy (non-hydrogen) atoms. The van der Waals surface area contributed by atoms with Gasteiger partial charge in [0.05, 0.1) is 23.8 Å². The van der Waals surface area contributed by atoms with Crippen molar-refractivity contribution in [3.63, 3.8) is 0 Å². The second-order valence-electron chi connectivity index (χ2n) is 4.85. The molecule has 0 fully saturated rings. The molecule has 0 spiro atoms. The second-order valence-corrected chi connectivity index (χ2v) is 4.85. The summed E-state index contributed by atoms with van der Waals surface area (Å²) in [7, 11) is 0. The summed E-state index contributed by atoms with van der Waals surface area (Å²) in [4.78, 5) is 0. The van der Waals surface area contributed by atoms with E-state index in [0.29, 0.717) is 17.8 Å². The van der Waals surface area contributed by atoms with E-state index in [9.17, 15) is 26.3 Å².